The topological polar surface area (TPSA) is 33.4 Å². The standard InChI is InChI=1S/C18H19FN4/c19-16-5-3-4-14(12-16)13-22-10-7-15(8-11-22)18-21-20-17-6-1-2-9-23(17)18/h1-6,9,12,15H,7-8,10-11,13H2. The van der Waals surface area contributed by atoms with Crippen LogP contribution in [0.5, 0.6) is 0 Å². The maximum Gasteiger partial charge on any atom is 0.160 e. The third-order valence-corrected chi connectivity index (χ3v) is 4.59. The second kappa shape index (κ2) is 6.08. The molecule has 1 aliphatic heterocycles. The zero-order valence-electron chi connectivity index (χ0n) is 12.9. The van der Waals surface area contributed by atoms with Crippen LogP contribution < -0.4 is 0 Å². The molecular weight excluding hydrogens is 291 g/mol. The van der Waals surface area contributed by atoms with Gasteiger partial charge in [0.25, 0.3) is 0 Å². The van der Waals surface area contributed by atoms with E-state index in [0.29, 0.717) is 5.92 Å². The number of aromatic nitrogens is 3. The van der Waals surface area contributed by atoms with Gasteiger partial charge < -0.3 is 0 Å². The largest absolute Gasteiger partial charge is 0.299 e. The Balaban J connectivity index is 1.43. The zero-order valence-corrected chi connectivity index (χ0v) is 12.9. The highest BCUT2D eigenvalue weighted by Gasteiger charge is 2.24. The quantitative estimate of drug-likeness (QED) is 0.744. The smallest absolute Gasteiger partial charge is 0.160 e. The predicted molar refractivity (Wildman–Crippen MR) is 86.6 cm³/mol. The fourth-order valence-electron chi connectivity index (χ4n) is 3.38. The number of hydrogen-bond acceptors (Lipinski definition) is 3. The Hall–Kier alpha value is -2.27. The molecule has 4 rings (SSSR count). The minimum absolute atomic E-state index is 0.160. The Morgan fingerprint density at radius 3 is 2.74 bits per heavy atom. The van der Waals surface area contributed by atoms with Gasteiger partial charge in [-0.3, -0.25) is 9.30 Å². The molecule has 1 fully saturated rings. The molecule has 0 spiro atoms. The van der Waals surface area contributed by atoms with Gasteiger partial charge in [0.05, 0.1) is 0 Å². The van der Waals surface area contributed by atoms with Crippen molar-refractivity contribution in [2.24, 2.45) is 0 Å². The first-order valence-electron chi connectivity index (χ1n) is 8.06. The third-order valence-electron chi connectivity index (χ3n) is 4.59. The van der Waals surface area contributed by atoms with E-state index in [0.717, 1.165) is 49.5 Å². The van der Waals surface area contributed by atoms with Crippen LogP contribution in [0.4, 0.5) is 4.39 Å². The van der Waals surface area contributed by atoms with Gasteiger partial charge in [0.2, 0.25) is 0 Å². The number of pyridine rings is 1. The SMILES string of the molecule is Fc1cccc(CN2CCC(c3nnc4ccccn34)CC2)c1. The van der Waals surface area contributed by atoms with Crippen molar-refractivity contribution in [3.63, 3.8) is 0 Å². The fourth-order valence-corrected chi connectivity index (χ4v) is 3.38. The van der Waals surface area contributed by atoms with Gasteiger partial charge in [0.15, 0.2) is 5.65 Å². The maximum absolute atomic E-state index is 13.3. The average Bonchev–Trinajstić information content (AvgIpc) is 3.00. The first kappa shape index (κ1) is 14.3. The molecule has 5 heteroatoms. The van der Waals surface area contributed by atoms with E-state index in [4.69, 9.17) is 0 Å². The molecule has 0 radical (unpaired) electrons. The van der Waals surface area contributed by atoms with Crippen molar-refractivity contribution in [2.45, 2.75) is 25.3 Å². The lowest BCUT2D eigenvalue weighted by atomic mass is 9.95. The number of halogens is 1. The van der Waals surface area contributed by atoms with Crippen molar-refractivity contribution in [2.75, 3.05) is 13.1 Å². The lowest BCUT2D eigenvalue weighted by Crippen LogP contribution is -2.33. The Bertz CT molecular complexity index is 805. The Morgan fingerprint density at radius 2 is 1.91 bits per heavy atom. The predicted octanol–water partition coefficient (Wildman–Crippen LogP) is 3.25. The van der Waals surface area contributed by atoms with Crippen LogP contribution in [-0.4, -0.2) is 32.6 Å². The van der Waals surface area contributed by atoms with E-state index in [1.165, 1.54) is 6.07 Å². The highest BCUT2D eigenvalue weighted by atomic mass is 19.1. The average molecular weight is 310 g/mol. The molecule has 3 heterocycles. The summed E-state index contributed by atoms with van der Waals surface area (Å²) in [5, 5.41) is 8.63. The van der Waals surface area contributed by atoms with Gasteiger partial charge in [-0.25, -0.2) is 4.39 Å². The minimum Gasteiger partial charge on any atom is -0.299 e. The molecular formula is C18H19FN4. The van der Waals surface area contributed by atoms with Crippen molar-refractivity contribution < 1.29 is 4.39 Å². The first-order valence-corrected chi connectivity index (χ1v) is 8.06. The molecule has 1 aromatic carbocycles. The summed E-state index contributed by atoms with van der Waals surface area (Å²) in [6, 6.07) is 12.9. The molecule has 0 atom stereocenters. The summed E-state index contributed by atoms with van der Waals surface area (Å²) in [7, 11) is 0. The number of piperidine rings is 1. The lowest BCUT2D eigenvalue weighted by molar-refractivity contribution is 0.201. The molecule has 23 heavy (non-hydrogen) atoms. The number of rotatable bonds is 3. The number of fused-ring (bicyclic) bond motifs is 1. The number of likely N-dealkylation sites (tertiary alicyclic amines) is 1. The highest BCUT2D eigenvalue weighted by molar-refractivity contribution is 5.37. The third kappa shape index (κ3) is 2.97. The van der Waals surface area contributed by atoms with E-state index in [2.05, 4.69) is 19.5 Å². The van der Waals surface area contributed by atoms with Gasteiger partial charge in [-0.2, -0.15) is 0 Å². The summed E-state index contributed by atoms with van der Waals surface area (Å²) >= 11 is 0. The van der Waals surface area contributed by atoms with Gasteiger partial charge in [0, 0.05) is 18.7 Å². The van der Waals surface area contributed by atoms with Gasteiger partial charge >= 0.3 is 0 Å². The van der Waals surface area contributed by atoms with Gasteiger partial charge in [-0.05, 0) is 55.8 Å². The van der Waals surface area contributed by atoms with E-state index in [-0.39, 0.29) is 5.82 Å². The van der Waals surface area contributed by atoms with Crippen LogP contribution in [0, 0.1) is 5.82 Å². The normalized spacial score (nSPS) is 16.9. The summed E-state index contributed by atoms with van der Waals surface area (Å²) < 4.78 is 15.4. The molecule has 0 bridgehead atoms. The van der Waals surface area contributed by atoms with Gasteiger partial charge in [-0.15, -0.1) is 10.2 Å². The molecule has 0 N–H and O–H groups in total. The van der Waals surface area contributed by atoms with Crippen LogP contribution in [0.25, 0.3) is 5.65 Å². The van der Waals surface area contributed by atoms with Crippen LogP contribution in [0.15, 0.2) is 48.7 Å². The van der Waals surface area contributed by atoms with E-state index in [1.54, 1.807) is 12.1 Å². The van der Waals surface area contributed by atoms with Gasteiger partial charge in [-0.1, -0.05) is 18.2 Å². The Labute approximate surface area is 134 Å². The van der Waals surface area contributed by atoms with Crippen molar-refractivity contribution >= 4 is 5.65 Å². The van der Waals surface area contributed by atoms with Crippen molar-refractivity contribution in [3.8, 4) is 0 Å². The molecule has 1 aliphatic rings. The maximum atomic E-state index is 13.3. The summed E-state index contributed by atoms with van der Waals surface area (Å²) in [5.74, 6) is 1.34. The van der Waals surface area contributed by atoms with Crippen LogP contribution >= 0.6 is 0 Å². The van der Waals surface area contributed by atoms with Crippen molar-refractivity contribution in [1.29, 1.82) is 0 Å². The number of hydrogen-bond donors (Lipinski definition) is 0. The van der Waals surface area contributed by atoms with Crippen molar-refractivity contribution in [1.82, 2.24) is 19.5 Å². The molecule has 0 amide bonds. The molecule has 118 valence electrons. The molecule has 0 saturated carbocycles. The van der Waals surface area contributed by atoms with E-state index in [9.17, 15) is 4.39 Å². The summed E-state index contributed by atoms with van der Waals surface area (Å²) in [6.07, 6.45) is 4.15. The van der Waals surface area contributed by atoms with Crippen LogP contribution in [-0.2, 0) is 6.54 Å². The molecule has 0 aliphatic carbocycles. The fraction of sp³-hybridized carbons (Fsp3) is 0.333. The van der Waals surface area contributed by atoms with Crippen molar-refractivity contribution in [3.05, 3.63) is 65.9 Å². The zero-order chi connectivity index (χ0) is 15.6. The molecule has 1 saturated heterocycles. The van der Waals surface area contributed by atoms with Crippen LogP contribution in [0.2, 0.25) is 0 Å². The number of benzene rings is 1. The molecule has 4 nitrogen and oxygen atoms in total. The van der Waals surface area contributed by atoms with Gasteiger partial charge in [0.1, 0.15) is 11.6 Å². The summed E-state index contributed by atoms with van der Waals surface area (Å²) in [5.41, 5.74) is 1.95. The monoisotopic (exact) mass is 310 g/mol. The van der Waals surface area contributed by atoms with Crippen LogP contribution in [0.1, 0.15) is 30.1 Å². The Kier molecular flexibility index (Phi) is 3.79. The molecule has 2 aromatic heterocycles. The Morgan fingerprint density at radius 1 is 1.04 bits per heavy atom. The molecule has 3 aromatic rings. The molecule has 0 unspecified atom stereocenters. The van der Waals surface area contributed by atoms with E-state index < -0.39 is 0 Å². The minimum atomic E-state index is -0.160. The highest BCUT2D eigenvalue weighted by Crippen LogP contribution is 2.27. The first-order chi connectivity index (χ1) is 11.3. The lowest BCUT2D eigenvalue weighted by Gasteiger charge is -2.31. The summed E-state index contributed by atoms with van der Waals surface area (Å²) in [4.78, 5) is 2.38. The number of nitrogens with zero attached hydrogens (tertiary/aromatic N) is 4. The second-order valence-electron chi connectivity index (χ2n) is 6.17. The van der Waals surface area contributed by atoms with E-state index >= 15 is 0 Å². The second-order valence-corrected chi connectivity index (χ2v) is 6.17. The van der Waals surface area contributed by atoms with E-state index in [1.807, 2.05) is 30.5 Å². The summed E-state index contributed by atoms with van der Waals surface area (Å²) in [6.45, 7) is 2.82. The van der Waals surface area contributed by atoms with Crippen LogP contribution in [0.3, 0.4) is 0 Å².